The Bertz CT molecular complexity index is 387. The van der Waals surface area contributed by atoms with Crippen molar-refractivity contribution in [2.24, 2.45) is 5.73 Å². The number of rotatable bonds is 2. The van der Waals surface area contributed by atoms with E-state index in [1.807, 2.05) is 0 Å². The number of fused-ring (bicyclic) bond motifs is 1. The summed E-state index contributed by atoms with van der Waals surface area (Å²) in [5.41, 5.74) is 6.37. The Kier molecular flexibility index (Phi) is 2.80. The van der Waals surface area contributed by atoms with Crippen molar-refractivity contribution in [3.63, 3.8) is 0 Å². The normalized spacial score (nSPS) is 19.4. The Morgan fingerprint density at radius 2 is 2.12 bits per heavy atom. The zero-order valence-electron chi connectivity index (χ0n) is 8.64. The molecule has 1 unspecified atom stereocenters. The van der Waals surface area contributed by atoms with E-state index in [9.17, 15) is 13.2 Å². The van der Waals surface area contributed by atoms with Crippen molar-refractivity contribution in [3.05, 3.63) is 29.3 Å². The van der Waals surface area contributed by atoms with E-state index in [2.05, 4.69) is 5.32 Å². The molecular weight excluding hydrogens is 217 g/mol. The predicted octanol–water partition coefficient (Wildman–Crippen LogP) is 2.39. The van der Waals surface area contributed by atoms with Crippen molar-refractivity contribution in [1.29, 1.82) is 0 Å². The van der Waals surface area contributed by atoms with Crippen molar-refractivity contribution < 1.29 is 13.2 Å². The highest BCUT2D eigenvalue weighted by atomic mass is 19.4. The number of nitrogens with one attached hydrogen (secondary N) is 1. The SMILES string of the molecule is NCCC1Cc2cc(C(F)(F)F)ccc2N1. The van der Waals surface area contributed by atoms with Gasteiger partial charge in [0.25, 0.3) is 0 Å². The summed E-state index contributed by atoms with van der Waals surface area (Å²) in [6, 6.07) is 3.99. The minimum absolute atomic E-state index is 0.170. The summed E-state index contributed by atoms with van der Waals surface area (Å²) >= 11 is 0. The maximum absolute atomic E-state index is 12.5. The summed E-state index contributed by atoms with van der Waals surface area (Å²) in [6.07, 6.45) is -2.87. The van der Waals surface area contributed by atoms with Crippen LogP contribution in [0, 0.1) is 0 Å². The third-order valence-electron chi connectivity index (χ3n) is 2.77. The number of anilines is 1. The highest BCUT2D eigenvalue weighted by Crippen LogP contribution is 2.34. The molecule has 0 saturated carbocycles. The topological polar surface area (TPSA) is 38.0 Å². The smallest absolute Gasteiger partial charge is 0.382 e. The molecule has 5 heteroatoms. The zero-order chi connectivity index (χ0) is 11.8. The van der Waals surface area contributed by atoms with E-state index in [1.54, 1.807) is 0 Å². The molecule has 0 aromatic heterocycles. The van der Waals surface area contributed by atoms with Crippen LogP contribution < -0.4 is 11.1 Å². The fourth-order valence-electron chi connectivity index (χ4n) is 1.99. The van der Waals surface area contributed by atoms with E-state index >= 15 is 0 Å². The van der Waals surface area contributed by atoms with Crippen LogP contribution in [-0.4, -0.2) is 12.6 Å². The van der Waals surface area contributed by atoms with E-state index in [4.69, 9.17) is 5.73 Å². The van der Waals surface area contributed by atoms with Crippen LogP contribution in [0.25, 0.3) is 0 Å². The molecule has 0 aliphatic carbocycles. The average molecular weight is 230 g/mol. The Hall–Kier alpha value is -1.23. The lowest BCUT2D eigenvalue weighted by Crippen LogP contribution is -2.19. The van der Waals surface area contributed by atoms with Crippen LogP contribution in [0.4, 0.5) is 18.9 Å². The van der Waals surface area contributed by atoms with Gasteiger partial charge in [0, 0.05) is 11.7 Å². The van der Waals surface area contributed by atoms with Gasteiger partial charge < -0.3 is 11.1 Å². The van der Waals surface area contributed by atoms with E-state index in [-0.39, 0.29) is 6.04 Å². The van der Waals surface area contributed by atoms with Crippen LogP contribution in [0.5, 0.6) is 0 Å². The van der Waals surface area contributed by atoms with Crippen LogP contribution in [0.15, 0.2) is 18.2 Å². The van der Waals surface area contributed by atoms with Gasteiger partial charge in [-0.2, -0.15) is 13.2 Å². The summed E-state index contributed by atoms with van der Waals surface area (Å²) < 4.78 is 37.4. The molecule has 3 N–H and O–H groups in total. The maximum Gasteiger partial charge on any atom is 0.416 e. The van der Waals surface area contributed by atoms with Crippen LogP contribution in [0.2, 0.25) is 0 Å². The second-order valence-electron chi connectivity index (χ2n) is 3.99. The van der Waals surface area contributed by atoms with Crippen molar-refractivity contribution in [3.8, 4) is 0 Å². The molecule has 1 aliphatic rings. The Morgan fingerprint density at radius 3 is 2.75 bits per heavy atom. The molecule has 0 bridgehead atoms. The van der Waals surface area contributed by atoms with Gasteiger partial charge in [0.15, 0.2) is 0 Å². The van der Waals surface area contributed by atoms with Crippen LogP contribution in [0.3, 0.4) is 0 Å². The average Bonchev–Trinajstić information content (AvgIpc) is 2.57. The number of hydrogen-bond acceptors (Lipinski definition) is 2. The molecule has 2 nitrogen and oxygen atoms in total. The monoisotopic (exact) mass is 230 g/mol. The fraction of sp³-hybridized carbons (Fsp3) is 0.455. The molecule has 0 amide bonds. The van der Waals surface area contributed by atoms with Gasteiger partial charge in [-0.05, 0) is 43.1 Å². The minimum atomic E-state index is -4.26. The lowest BCUT2D eigenvalue weighted by atomic mass is 10.1. The standard InChI is InChI=1S/C11H13F3N2/c12-11(13,14)8-1-2-10-7(5-8)6-9(16-10)3-4-15/h1-2,5,9,16H,3-4,6,15H2. The first-order valence-corrected chi connectivity index (χ1v) is 5.17. The number of halogens is 3. The van der Waals surface area contributed by atoms with Gasteiger partial charge in [-0.1, -0.05) is 0 Å². The van der Waals surface area contributed by atoms with Gasteiger partial charge in [0.1, 0.15) is 0 Å². The van der Waals surface area contributed by atoms with E-state index < -0.39 is 11.7 Å². The summed E-state index contributed by atoms with van der Waals surface area (Å²) in [4.78, 5) is 0. The number of alkyl halides is 3. The Morgan fingerprint density at radius 1 is 1.38 bits per heavy atom. The van der Waals surface area contributed by atoms with Gasteiger partial charge in [-0.25, -0.2) is 0 Å². The van der Waals surface area contributed by atoms with Crippen molar-refractivity contribution in [2.75, 3.05) is 11.9 Å². The minimum Gasteiger partial charge on any atom is -0.382 e. The molecular formula is C11H13F3N2. The van der Waals surface area contributed by atoms with Crippen LogP contribution in [-0.2, 0) is 12.6 Å². The second kappa shape index (κ2) is 3.97. The first-order valence-electron chi connectivity index (χ1n) is 5.17. The largest absolute Gasteiger partial charge is 0.416 e. The van der Waals surface area contributed by atoms with E-state index in [0.29, 0.717) is 13.0 Å². The first-order chi connectivity index (χ1) is 7.50. The molecule has 0 fully saturated rings. The quantitative estimate of drug-likeness (QED) is 0.818. The molecule has 2 rings (SSSR count). The van der Waals surface area contributed by atoms with Gasteiger partial charge in [0.2, 0.25) is 0 Å². The van der Waals surface area contributed by atoms with Crippen molar-refractivity contribution in [2.45, 2.75) is 25.1 Å². The molecule has 88 valence electrons. The van der Waals surface area contributed by atoms with Crippen LogP contribution in [0.1, 0.15) is 17.5 Å². The second-order valence-corrected chi connectivity index (χ2v) is 3.99. The predicted molar refractivity (Wildman–Crippen MR) is 56.2 cm³/mol. The molecule has 1 aromatic rings. The van der Waals surface area contributed by atoms with E-state index in [1.165, 1.54) is 12.1 Å². The summed E-state index contributed by atoms with van der Waals surface area (Å²) in [5, 5.41) is 3.17. The number of nitrogens with two attached hydrogens (primary N) is 1. The molecule has 16 heavy (non-hydrogen) atoms. The highest BCUT2D eigenvalue weighted by molar-refractivity contribution is 5.58. The molecule has 0 saturated heterocycles. The number of hydrogen-bond donors (Lipinski definition) is 2. The van der Waals surface area contributed by atoms with Crippen molar-refractivity contribution >= 4 is 5.69 Å². The Balaban J connectivity index is 2.21. The molecule has 1 aliphatic heterocycles. The molecule has 1 heterocycles. The van der Waals surface area contributed by atoms with Crippen LogP contribution >= 0.6 is 0 Å². The third-order valence-corrected chi connectivity index (χ3v) is 2.77. The first kappa shape index (κ1) is 11.3. The lowest BCUT2D eigenvalue weighted by molar-refractivity contribution is -0.137. The summed E-state index contributed by atoms with van der Waals surface area (Å²) in [7, 11) is 0. The van der Waals surface area contributed by atoms with Crippen molar-refractivity contribution in [1.82, 2.24) is 0 Å². The molecule has 1 atom stereocenters. The Labute approximate surface area is 91.6 Å². The maximum atomic E-state index is 12.5. The van der Waals surface area contributed by atoms with Gasteiger partial charge in [-0.3, -0.25) is 0 Å². The molecule has 1 aromatic carbocycles. The zero-order valence-corrected chi connectivity index (χ0v) is 8.64. The lowest BCUT2D eigenvalue weighted by Gasteiger charge is -2.08. The summed E-state index contributed by atoms with van der Waals surface area (Å²) in [6.45, 7) is 0.539. The third kappa shape index (κ3) is 2.14. The van der Waals surface area contributed by atoms with E-state index in [0.717, 1.165) is 23.7 Å². The van der Waals surface area contributed by atoms with Gasteiger partial charge in [0.05, 0.1) is 5.56 Å². The highest BCUT2D eigenvalue weighted by Gasteiger charge is 2.32. The number of benzene rings is 1. The summed E-state index contributed by atoms with van der Waals surface area (Å²) in [5.74, 6) is 0. The molecule has 0 spiro atoms. The molecule has 0 radical (unpaired) electrons. The van der Waals surface area contributed by atoms with Gasteiger partial charge in [-0.15, -0.1) is 0 Å². The van der Waals surface area contributed by atoms with Gasteiger partial charge >= 0.3 is 6.18 Å². The fourth-order valence-corrected chi connectivity index (χ4v) is 1.99.